The summed E-state index contributed by atoms with van der Waals surface area (Å²) in [6, 6.07) is 7.00. The summed E-state index contributed by atoms with van der Waals surface area (Å²) in [6.07, 6.45) is 2.95. The average Bonchev–Trinajstić information content (AvgIpc) is 2.68. The zero-order valence-corrected chi connectivity index (χ0v) is 15.2. The molecule has 1 aromatic rings. The van der Waals surface area contributed by atoms with Crippen molar-refractivity contribution in [3.05, 3.63) is 29.8 Å². The summed E-state index contributed by atoms with van der Waals surface area (Å²) in [6.45, 7) is 4.08. The highest BCUT2D eigenvalue weighted by molar-refractivity contribution is 5.97. The molecule has 140 valence electrons. The Labute approximate surface area is 153 Å². The Morgan fingerprint density at radius 2 is 1.69 bits per heavy atom. The van der Waals surface area contributed by atoms with Crippen LogP contribution in [0.4, 0.5) is 5.69 Å². The van der Waals surface area contributed by atoms with Gasteiger partial charge in [0, 0.05) is 36.2 Å². The zero-order valence-electron chi connectivity index (χ0n) is 15.2. The molecular formula is C20H26N2O4. The standard InChI is InChI=1S/C20H26N2O4/c1-14(23)17-3-2-4-18(13-17)21-19(24)15-5-7-16(8-6-15)20(25)22-9-11-26-12-10-22/h2-4,13,15-16H,5-12H2,1H3,(H,21,24). The van der Waals surface area contributed by atoms with Crippen molar-refractivity contribution in [2.24, 2.45) is 11.8 Å². The number of hydrogen-bond acceptors (Lipinski definition) is 4. The lowest BCUT2D eigenvalue weighted by Gasteiger charge is -2.33. The van der Waals surface area contributed by atoms with E-state index in [1.54, 1.807) is 24.3 Å². The molecule has 1 aliphatic heterocycles. The molecule has 1 saturated carbocycles. The van der Waals surface area contributed by atoms with E-state index in [4.69, 9.17) is 4.74 Å². The number of morpholine rings is 1. The molecule has 0 spiro atoms. The van der Waals surface area contributed by atoms with Gasteiger partial charge in [0.25, 0.3) is 0 Å². The first kappa shape index (κ1) is 18.6. The van der Waals surface area contributed by atoms with E-state index in [0.717, 1.165) is 25.7 Å². The van der Waals surface area contributed by atoms with E-state index in [-0.39, 0.29) is 29.4 Å². The lowest BCUT2D eigenvalue weighted by molar-refractivity contribution is -0.141. The number of carbonyl (C=O) groups is 3. The summed E-state index contributed by atoms with van der Waals surface area (Å²) in [5.41, 5.74) is 1.23. The number of rotatable bonds is 4. The highest BCUT2D eigenvalue weighted by Crippen LogP contribution is 2.31. The second kappa shape index (κ2) is 8.45. The number of ether oxygens (including phenoxy) is 1. The molecule has 1 N–H and O–H groups in total. The largest absolute Gasteiger partial charge is 0.378 e. The topological polar surface area (TPSA) is 75.7 Å². The van der Waals surface area contributed by atoms with Crippen LogP contribution >= 0.6 is 0 Å². The zero-order chi connectivity index (χ0) is 18.5. The number of amides is 2. The lowest BCUT2D eigenvalue weighted by Crippen LogP contribution is -2.44. The van der Waals surface area contributed by atoms with Crippen LogP contribution in [0.1, 0.15) is 43.0 Å². The van der Waals surface area contributed by atoms with Crippen LogP contribution in [0.3, 0.4) is 0 Å². The van der Waals surface area contributed by atoms with E-state index in [0.29, 0.717) is 37.6 Å². The van der Waals surface area contributed by atoms with Gasteiger partial charge in [-0.2, -0.15) is 0 Å². The van der Waals surface area contributed by atoms with Gasteiger partial charge in [0.05, 0.1) is 13.2 Å². The maximum absolute atomic E-state index is 12.6. The Kier molecular flexibility index (Phi) is 6.04. The number of nitrogens with zero attached hydrogens (tertiary/aromatic N) is 1. The molecule has 3 rings (SSSR count). The molecule has 1 aliphatic carbocycles. The molecule has 2 amide bonds. The number of anilines is 1. The summed E-state index contributed by atoms with van der Waals surface area (Å²) in [5.74, 6) is 0.107. The number of Topliss-reactive ketones (excluding diaryl/α,β-unsaturated/α-hetero) is 1. The predicted octanol–water partition coefficient (Wildman–Crippen LogP) is 2.49. The van der Waals surface area contributed by atoms with Crippen LogP contribution in [0.25, 0.3) is 0 Å². The van der Waals surface area contributed by atoms with E-state index in [1.165, 1.54) is 6.92 Å². The summed E-state index contributed by atoms with van der Waals surface area (Å²) < 4.78 is 5.30. The van der Waals surface area contributed by atoms with Gasteiger partial charge in [0.1, 0.15) is 0 Å². The van der Waals surface area contributed by atoms with Crippen molar-refractivity contribution in [1.82, 2.24) is 4.90 Å². The molecule has 2 aliphatic rings. The Bertz CT molecular complexity index is 674. The SMILES string of the molecule is CC(=O)c1cccc(NC(=O)C2CCC(C(=O)N3CCOCC3)CC2)c1. The van der Waals surface area contributed by atoms with E-state index >= 15 is 0 Å². The number of carbonyl (C=O) groups excluding carboxylic acids is 3. The van der Waals surface area contributed by atoms with Gasteiger partial charge >= 0.3 is 0 Å². The van der Waals surface area contributed by atoms with Gasteiger partial charge in [0.2, 0.25) is 11.8 Å². The number of benzene rings is 1. The second-order valence-electron chi connectivity index (χ2n) is 7.11. The third-order valence-electron chi connectivity index (χ3n) is 5.31. The van der Waals surface area contributed by atoms with E-state index in [2.05, 4.69) is 5.32 Å². The predicted molar refractivity (Wildman–Crippen MR) is 97.9 cm³/mol. The van der Waals surface area contributed by atoms with Crippen molar-refractivity contribution < 1.29 is 19.1 Å². The summed E-state index contributed by atoms with van der Waals surface area (Å²) in [7, 11) is 0. The van der Waals surface area contributed by atoms with Gasteiger partial charge in [0.15, 0.2) is 5.78 Å². The number of hydrogen-bond donors (Lipinski definition) is 1. The molecule has 1 heterocycles. The van der Waals surface area contributed by atoms with E-state index in [9.17, 15) is 14.4 Å². The highest BCUT2D eigenvalue weighted by Gasteiger charge is 2.32. The molecule has 26 heavy (non-hydrogen) atoms. The van der Waals surface area contributed by atoms with E-state index < -0.39 is 0 Å². The minimum atomic E-state index is -0.0790. The Hall–Kier alpha value is -2.21. The summed E-state index contributed by atoms with van der Waals surface area (Å²) in [4.78, 5) is 38.4. The van der Waals surface area contributed by atoms with Gasteiger partial charge in [-0.3, -0.25) is 14.4 Å². The van der Waals surface area contributed by atoms with Crippen molar-refractivity contribution in [1.29, 1.82) is 0 Å². The smallest absolute Gasteiger partial charge is 0.227 e. The summed E-state index contributed by atoms with van der Waals surface area (Å²) in [5, 5.41) is 2.91. The molecule has 6 heteroatoms. The lowest BCUT2D eigenvalue weighted by atomic mass is 9.81. The monoisotopic (exact) mass is 358 g/mol. The molecule has 6 nitrogen and oxygen atoms in total. The molecule has 0 aromatic heterocycles. The second-order valence-corrected chi connectivity index (χ2v) is 7.11. The van der Waals surface area contributed by atoms with Crippen LogP contribution in [-0.4, -0.2) is 48.8 Å². The van der Waals surface area contributed by atoms with Gasteiger partial charge in [-0.05, 0) is 44.7 Å². The third kappa shape index (κ3) is 4.49. The molecule has 0 bridgehead atoms. The van der Waals surface area contributed by atoms with Crippen molar-refractivity contribution in [3.63, 3.8) is 0 Å². The van der Waals surface area contributed by atoms with Gasteiger partial charge in [-0.25, -0.2) is 0 Å². The van der Waals surface area contributed by atoms with Gasteiger partial charge in [-0.1, -0.05) is 12.1 Å². The number of ketones is 1. The van der Waals surface area contributed by atoms with Crippen molar-refractivity contribution >= 4 is 23.3 Å². The van der Waals surface area contributed by atoms with Crippen LogP contribution in [0, 0.1) is 11.8 Å². The highest BCUT2D eigenvalue weighted by atomic mass is 16.5. The first-order valence-corrected chi connectivity index (χ1v) is 9.33. The Balaban J connectivity index is 1.51. The van der Waals surface area contributed by atoms with Crippen LogP contribution in [0.15, 0.2) is 24.3 Å². The summed E-state index contributed by atoms with van der Waals surface area (Å²) >= 11 is 0. The molecule has 2 fully saturated rings. The average molecular weight is 358 g/mol. The van der Waals surface area contributed by atoms with Crippen molar-refractivity contribution in [3.8, 4) is 0 Å². The quantitative estimate of drug-likeness (QED) is 0.839. The van der Waals surface area contributed by atoms with Crippen LogP contribution in [0.5, 0.6) is 0 Å². The fourth-order valence-corrected chi connectivity index (χ4v) is 3.70. The number of nitrogens with one attached hydrogen (secondary N) is 1. The molecule has 0 unspecified atom stereocenters. The Morgan fingerprint density at radius 3 is 2.35 bits per heavy atom. The van der Waals surface area contributed by atoms with Crippen LogP contribution < -0.4 is 5.32 Å². The molecule has 1 saturated heterocycles. The van der Waals surface area contributed by atoms with Crippen molar-refractivity contribution in [2.75, 3.05) is 31.6 Å². The molecule has 1 aromatic carbocycles. The fraction of sp³-hybridized carbons (Fsp3) is 0.550. The first-order valence-electron chi connectivity index (χ1n) is 9.33. The van der Waals surface area contributed by atoms with Gasteiger partial charge < -0.3 is 15.0 Å². The maximum atomic E-state index is 12.6. The Morgan fingerprint density at radius 1 is 1.04 bits per heavy atom. The molecule has 0 radical (unpaired) electrons. The van der Waals surface area contributed by atoms with Crippen LogP contribution in [0.2, 0.25) is 0 Å². The van der Waals surface area contributed by atoms with Gasteiger partial charge in [-0.15, -0.1) is 0 Å². The molecular weight excluding hydrogens is 332 g/mol. The maximum Gasteiger partial charge on any atom is 0.227 e. The first-order chi connectivity index (χ1) is 12.5. The normalized spacial score (nSPS) is 23.3. The fourth-order valence-electron chi connectivity index (χ4n) is 3.70. The van der Waals surface area contributed by atoms with Crippen molar-refractivity contribution in [2.45, 2.75) is 32.6 Å². The minimum absolute atomic E-state index is 0.0248. The third-order valence-corrected chi connectivity index (χ3v) is 5.31. The molecule has 0 atom stereocenters. The minimum Gasteiger partial charge on any atom is -0.378 e. The van der Waals surface area contributed by atoms with E-state index in [1.807, 2.05) is 4.90 Å². The van der Waals surface area contributed by atoms with Crippen LogP contribution in [-0.2, 0) is 14.3 Å².